The summed E-state index contributed by atoms with van der Waals surface area (Å²) in [5, 5.41) is 12.9. The highest BCUT2D eigenvalue weighted by Crippen LogP contribution is 2.12. The zero-order chi connectivity index (χ0) is 9.14. The van der Waals surface area contributed by atoms with Crippen LogP contribution in [0.2, 0.25) is 0 Å². The lowest BCUT2D eigenvalue weighted by Gasteiger charge is -2.05. The summed E-state index contributed by atoms with van der Waals surface area (Å²) in [5.41, 5.74) is 11.5. The smallest absolute Gasteiger partial charge is 0.145 e. The van der Waals surface area contributed by atoms with E-state index < -0.39 is 0 Å². The molecule has 0 bridgehead atoms. The van der Waals surface area contributed by atoms with E-state index in [0.29, 0.717) is 24.5 Å². The summed E-state index contributed by atoms with van der Waals surface area (Å²) >= 11 is 0. The van der Waals surface area contributed by atoms with Crippen molar-refractivity contribution in [2.45, 2.75) is 26.0 Å². The Hall–Kier alpha value is -1.23. The fourth-order valence-electron chi connectivity index (χ4n) is 0.897. The predicted octanol–water partition coefficient (Wildman–Crippen LogP) is -0.182. The van der Waals surface area contributed by atoms with Gasteiger partial charge in [-0.25, -0.2) is 4.68 Å². The maximum Gasteiger partial charge on any atom is 0.145 e. The van der Waals surface area contributed by atoms with Gasteiger partial charge in [-0.1, -0.05) is 0 Å². The molecule has 12 heavy (non-hydrogen) atoms. The van der Waals surface area contributed by atoms with Gasteiger partial charge in [0.25, 0.3) is 0 Å². The minimum absolute atomic E-state index is 0.338. The van der Waals surface area contributed by atoms with E-state index in [1.807, 2.05) is 0 Å². The molecule has 0 aliphatic carbocycles. The van der Waals surface area contributed by atoms with E-state index in [1.54, 1.807) is 11.6 Å². The van der Waals surface area contributed by atoms with E-state index in [9.17, 15) is 0 Å². The number of aromatic nitrogens is 2. The maximum atomic E-state index is 9.00. The Morgan fingerprint density at radius 3 is 2.75 bits per heavy atom. The van der Waals surface area contributed by atoms with Gasteiger partial charge >= 0.3 is 0 Å². The van der Waals surface area contributed by atoms with Crippen molar-refractivity contribution in [2.75, 3.05) is 11.5 Å². The van der Waals surface area contributed by atoms with Crippen molar-refractivity contribution in [1.29, 1.82) is 0 Å². The molecule has 0 radical (unpaired) electrons. The molecule has 5 nitrogen and oxygen atoms in total. The molecule has 5 heteroatoms. The standard InChI is InChI=1S/C7H14N4O/c1-5(12)2-3-11-7(9)6(8)4-10-11/h4-5,12H,2-3,8-9H2,1H3. The molecule has 0 amide bonds. The molecule has 1 unspecified atom stereocenters. The Labute approximate surface area is 71.0 Å². The normalized spacial score (nSPS) is 13.2. The molecule has 0 saturated heterocycles. The van der Waals surface area contributed by atoms with E-state index in [2.05, 4.69) is 5.10 Å². The molecule has 0 aliphatic heterocycles. The Balaban J connectivity index is 2.58. The fraction of sp³-hybridized carbons (Fsp3) is 0.571. The molecular weight excluding hydrogens is 156 g/mol. The van der Waals surface area contributed by atoms with Gasteiger partial charge in [0.2, 0.25) is 0 Å². The van der Waals surface area contributed by atoms with Crippen molar-refractivity contribution in [3.63, 3.8) is 0 Å². The molecule has 1 aromatic rings. The van der Waals surface area contributed by atoms with Crippen molar-refractivity contribution in [3.8, 4) is 0 Å². The highest BCUT2D eigenvalue weighted by Gasteiger charge is 2.04. The van der Waals surface area contributed by atoms with Crippen molar-refractivity contribution >= 4 is 11.5 Å². The second-order valence-corrected chi connectivity index (χ2v) is 2.85. The molecule has 1 atom stereocenters. The van der Waals surface area contributed by atoms with Crippen LogP contribution < -0.4 is 11.5 Å². The Morgan fingerprint density at radius 2 is 2.33 bits per heavy atom. The van der Waals surface area contributed by atoms with Crippen molar-refractivity contribution in [1.82, 2.24) is 9.78 Å². The third-order valence-corrected chi connectivity index (χ3v) is 1.67. The third-order valence-electron chi connectivity index (χ3n) is 1.67. The van der Waals surface area contributed by atoms with Crippen molar-refractivity contribution in [2.24, 2.45) is 0 Å². The van der Waals surface area contributed by atoms with Crippen LogP contribution >= 0.6 is 0 Å². The van der Waals surface area contributed by atoms with E-state index in [0.717, 1.165) is 0 Å². The summed E-state index contributed by atoms with van der Waals surface area (Å²) in [7, 11) is 0. The predicted molar refractivity (Wildman–Crippen MR) is 47.3 cm³/mol. The molecule has 0 aliphatic rings. The molecular formula is C7H14N4O. The zero-order valence-electron chi connectivity index (χ0n) is 7.07. The van der Waals surface area contributed by atoms with Crippen LogP contribution in [-0.4, -0.2) is 21.0 Å². The lowest BCUT2D eigenvalue weighted by atomic mass is 10.3. The summed E-state index contributed by atoms with van der Waals surface area (Å²) in [4.78, 5) is 0. The topological polar surface area (TPSA) is 90.1 Å². The number of hydrogen-bond acceptors (Lipinski definition) is 4. The summed E-state index contributed by atoms with van der Waals surface area (Å²) in [6.07, 6.45) is 1.80. The van der Waals surface area contributed by atoms with Gasteiger partial charge in [-0.3, -0.25) is 0 Å². The number of nitrogen functional groups attached to an aromatic ring is 2. The average Bonchev–Trinajstić information content (AvgIpc) is 2.30. The molecule has 0 saturated carbocycles. The first-order valence-corrected chi connectivity index (χ1v) is 3.86. The number of aryl methyl sites for hydroxylation is 1. The number of rotatable bonds is 3. The van der Waals surface area contributed by atoms with Gasteiger partial charge in [-0.05, 0) is 13.3 Å². The highest BCUT2D eigenvalue weighted by atomic mass is 16.3. The van der Waals surface area contributed by atoms with Gasteiger partial charge in [0, 0.05) is 6.54 Å². The molecule has 5 N–H and O–H groups in total. The molecule has 68 valence electrons. The SMILES string of the molecule is CC(O)CCn1ncc(N)c1N. The monoisotopic (exact) mass is 170 g/mol. The third kappa shape index (κ3) is 1.88. The van der Waals surface area contributed by atoms with Crippen LogP contribution in [0.4, 0.5) is 11.5 Å². The number of aliphatic hydroxyl groups is 1. The van der Waals surface area contributed by atoms with Gasteiger partial charge in [-0.15, -0.1) is 0 Å². The lowest BCUT2D eigenvalue weighted by Crippen LogP contribution is -2.10. The average molecular weight is 170 g/mol. The quantitative estimate of drug-likeness (QED) is 0.587. The minimum Gasteiger partial charge on any atom is -0.394 e. The van der Waals surface area contributed by atoms with Crippen molar-refractivity contribution in [3.05, 3.63) is 6.20 Å². The summed E-state index contributed by atoms with van der Waals surface area (Å²) in [5.74, 6) is 0.468. The molecule has 1 aromatic heterocycles. The fourth-order valence-corrected chi connectivity index (χ4v) is 0.897. The van der Waals surface area contributed by atoms with E-state index in [1.165, 1.54) is 6.20 Å². The van der Waals surface area contributed by atoms with Crippen LogP contribution in [-0.2, 0) is 6.54 Å². The van der Waals surface area contributed by atoms with Gasteiger partial charge < -0.3 is 16.6 Å². The first-order chi connectivity index (χ1) is 5.61. The molecule has 1 heterocycles. The van der Waals surface area contributed by atoms with Gasteiger partial charge in [-0.2, -0.15) is 5.10 Å². The van der Waals surface area contributed by atoms with Crippen LogP contribution in [0.5, 0.6) is 0 Å². The second kappa shape index (κ2) is 3.44. The van der Waals surface area contributed by atoms with Gasteiger partial charge in [0.1, 0.15) is 5.82 Å². The number of anilines is 2. The van der Waals surface area contributed by atoms with E-state index in [-0.39, 0.29) is 6.10 Å². The highest BCUT2D eigenvalue weighted by molar-refractivity contribution is 5.56. The summed E-state index contributed by atoms with van der Waals surface area (Å²) in [6.45, 7) is 2.32. The number of nitrogens with zero attached hydrogens (tertiary/aromatic N) is 2. The van der Waals surface area contributed by atoms with Gasteiger partial charge in [0.15, 0.2) is 0 Å². The van der Waals surface area contributed by atoms with Crippen LogP contribution in [0.1, 0.15) is 13.3 Å². The first kappa shape index (κ1) is 8.86. The number of hydrogen-bond donors (Lipinski definition) is 3. The number of nitrogens with two attached hydrogens (primary N) is 2. The van der Waals surface area contributed by atoms with Crippen LogP contribution in [0.15, 0.2) is 6.20 Å². The van der Waals surface area contributed by atoms with Crippen molar-refractivity contribution < 1.29 is 5.11 Å². The van der Waals surface area contributed by atoms with Crippen LogP contribution in [0, 0.1) is 0 Å². The minimum atomic E-state index is -0.338. The van der Waals surface area contributed by atoms with Crippen LogP contribution in [0.25, 0.3) is 0 Å². The molecule has 1 rings (SSSR count). The zero-order valence-corrected chi connectivity index (χ0v) is 7.07. The molecule has 0 aromatic carbocycles. The Morgan fingerprint density at radius 1 is 1.67 bits per heavy atom. The van der Waals surface area contributed by atoms with Crippen LogP contribution in [0.3, 0.4) is 0 Å². The van der Waals surface area contributed by atoms with E-state index in [4.69, 9.17) is 16.6 Å². The first-order valence-electron chi connectivity index (χ1n) is 3.86. The largest absolute Gasteiger partial charge is 0.394 e. The number of aliphatic hydroxyl groups excluding tert-OH is 1. The maximum absolute atomic E-state index is 9.00. The summed E-state index contributed by atoms with van der Waals surface area (Å²) < 4.78 is 1.59. The Bertz CT molecular complexity index is 256. The molecule has 0 fully saturated rings. The van der Waals surface area contributed by atoms with E-state index >= 15 is 0 Å². The lowest BCUT2D eigenvalue weighted by molar-refractivity contribution is 0.176. The summed E-state index contributed by atoms with van der Waals surface area (Å²) in [6, 6.07) is 0. The van der Waals surface area contributed by atoms with Gasteiger partial charge in [0.05, 0.1) is 18.0 Å². The second-order valence-electron chi connectivity index (χ2n) is 2.85. The molecule has 0 spiro atoms. The Kier molecular flexibility index (Phi) is 2.54.